The van der Waals surface area contributed by atoms with Crippen LogP contribution in [0.3, 0.4) is 0 Å². The van der Waals surface area contributed by atoms with Crippen molar-refractivity contribution in [3.05, 3.63) is 59.7 Å². The summed E-state index contributed by atoms with van der Waals surface area (Å²) in [5.74, 6) is 1.02. The second-order valence-electron chi connectivity index (χ2n) is 4.76. The summed E-state index contributed by atoms with van der Waals surface area (Å²) in [5.41, 5.74) is 7.56. The zero-order valence-corrected chi connectivity index (χ0v) is 12.2. The van der Waals surface area contributed by atoms with Crippen molar-refractivity contribution in [2.24, 2.45) is 5.73 Å². The second-order valence-corrected chi connectivity index (χ2v) is 4.76. The molecule has 0 amide bonds. The van der Waals surface area contributed by atoms with Crippen LogP contribution in [0.1, 0.15) is 15.9 Å². The molecule has 0 fully saturated rings. The van der Waals surface area contributed by atoms with Crippen LogP contribution in [0.4, 0.5) is 0 Å². The Morgan fingerprint density at radius 2 is 1.62 bits per heavy atom. The van der Waals surface area contributed by atoms with Gasteiger partial charge in [-0.3, -0.25) is 4.79 Å². The normalized spacial score (nSPS) is 11.8. The molecule has 1 atom stereocenters. The molecule has 0 radical (unpaired) electrons. The molecule has 0 aromatic heterocycles. The predicted octanol–water partition coefficient (Wildman–Crippen LogP) is 2.46. The molecule has 0 bridgehead atoms. The average Bonchev–Trinajstić information content (AvgIpc) is 2.54. The largest absolute Gasteiger partial charge is 0.497 e. The van der Waals surface area contributed by atoms with Crippen LogP contribution in [-0.2, 0) is 6.42 Å². The van der Waals surface area contributed by atoms with E-state index in [0.717, 1.165) is 5.56 Å². The Kier molecular flexibility index (Phi) is 4.95. The van der Waals surface area contributed by atoms with Gasteiger partial charge in [-0.2, -0.15) is 0 Å². The Hall–Kier alpha value is -2.33. The monoisotopic (exact) mass is 285 g/mol. The van der Waals surface area contributed by atoms with Crippen molar-refractivity contribution in [1.29, 1.82) is 0 Å². The molecule has 2 rings (SSSR count). The molecule has 0 aliphatic rings. The summed E-state index contributed by atoms with van der Waals surface area (Å²) in [6.07, 6.45) is 0.499. The molecule has 2 N–H and O–H groups in total. The van der Waals surface area contributed by atoms with Gasteiger partial charge in [-0.15, -0.1) is 0 Å². The third-order valence-corrected chi connectivity index (χ3v) is 3.27. The number of methoxy groups -OCH3 is 2. The van der Waals surface area contributed by atoms with Crippen molar-refractivity contribution in [3.63, 3.8) is 0 Å². The van der Waals surface area contributed by atoms with Crippen LogP contribution in [0.5, 0.6) is 11.5 Å². The molecule has 4 heteroatoms. The summed E-state index contributed by atoms with van der Waals surface area (Å²) < 4.78 is 10.3. The highest BCUT2D eigenvalue weighted by Crippen LogP contribution is 2.23. The highest BCUT2D eigenvalue weighted by atomic mass is 16.5. The predicted molar refractivity (Wildman–Crippen MR) is 82.0 cm³/mol. The molecule has 0 spiro atoms. The lowest BCUT2D eigenvalue weighted by Crippen LogP contribution is -2.32. The lowest BCUT2D eigenvalue weighted by molar-refractivity contribution is 0.0960. The topological polar surface area (TPSA) is 61.5 Å². The Morgan fingerprint density at radius 3 is 2.14 bits per heavy atom. The summed E-state index contributed by atoms with van der Waals surface area (Å²) >= 11 is 0. The summed E-state index contributed by atoms with van der Waals surface area (Å²) in [5, 5.41) is 0. The van der Waals surface area contributed by atoms with E-state index in [2.05, 4.69) is 0 Å². The zero-order chi connectivity index (χ0) is 15.2. The summed E-state index contributed by atoms with van der Waals surface area (Å²) in [4.78, 5) is 12.4. The van der Waals surface area contributed by atoms with Gasteiger partial charge in [-0.25, -0.2) is 0 Å². The minimum Gasteiger partial charge on any atom is -0.497 e. The number of ketones is 1. The lowest BCUT2D eigenvalue weighted by Gasteiger charge is -2.13. The average molecular weight is 285 g/mol. The summed E-state index contributed by atoms with van der Waals surface area (Å²) in [6, 6.07) is 14.2. The SMILES string of the molecule is COc1cc(OC)cc(C(=O)C(N)Cc2ccccc2)c1. The first kappa shape index (κ1) is 15.1. The number of nitrogens with two attached hydrogens (primary N) is 1. The quantitative estimate of drug-likeness (QED) is 0.828. The van der Waals surface area contributed by atoms with Gasteiger partial charge in [0.15, 0.2) is 5.78 Å². The molecule has 0 heterocycles. The fraction of sp³-hybridized carbons (Fsp3) is 0.235. The smallest absolute Gasteiger partial charge is 0.180 e. The van der Waals surface area contributed by atoms with E-state index < -0.39 is 6.04 Å². The molecule has 0 aliphatic carbocycles. The molecule has 0 aliphatic heterocycles. The fourth-order valence-electron chi connectivity index (χ4n) is 2.12. The highest BCUT2D eigenvalue weighted by Gasteiger charge is 2.18. The number of rotatable bonds is 6. The third-order valence-electron chi connectivity index (χ3n) is 3.27. The van der Waals surface area contributed by atoms with E-state index in [1.165, 1.54) is 0 Å². The second kappa shape index (κ2) is 6.90. The number of hydrogen-bond acceptors (Lipinski definition) is 4. The zero-order valence-electron chi connectivity index (χ0n) is 12.2. The molecule has 4 nitrogen and oxygen atoms in total. The van der Waals surface area contributed by atoms with Crippen molar-refractivity contribution in [1.82, 2.24) is 0 Å². The Bertz CT molecular complexity index is 588. The van der Waals surface area contributed by atoms with E-state index >= 15 is 0 Å². The van der Waals surface area contributed by atoms with Crippen LogP contribution in [0.15, 0.2) is 48.5 Å². The lowest BCUT2D eigenvalue weighted by atomic mass is 9.98. The van der Waals surface area contributed by atoms with Gasteiger partial charge in [0.2, 0.25) is 0 Å². The van der Waals surface area contributed by atoms with Crippen molar-refractivity contribution >= 4 is 5.78 Å². The Morgan fingerprint density at radius 1 is 1.05 bits per heavy atom. The molecule has 2 aromatic rings. The minimum atomic E-state index is -0.593. The van der Waals surface area contributed by atoms with E-state index in [1.54, 1.807) is 32.4 Å². The fourth-order valence-corrected chi connectivity index (χ4v) is 2.12. The van der Waals surface area contributed by atoms with E-state index in [9.17, 15) is 4.79 Å². The van der Waals surface area contributed by atoms with E-state index in [1.807, 2.05) is 30.3 Å². The maximum absolute atomic E-state index is 12.4. The van der Waals surface area contributed by atoms with E-state index in [0.29, 0.717) is 23.5 Å². The van der Waals surface area contributed by atoms with Gasteiger partial charge >= 0.3 is 0 Å². The molecular weight excluding hydrogens is 266 g/mol. The number of carbonyl (C=O) groups is 1. The van der Waals surface area contributed by atoms with E-state index in [-0.39, 0.29) is 5.78 Å². The van der Waals surface area contributed by atoms with E-state index in [4.69, 9.17) is 15.2 Å². The molecule has 0 saturated carbocycles. The molecule has 110 valence electrons. The van der Waals surface area contributed by atoms with Gasteiger partial charge in [0.25, 0.3) is 0 Å². The van der Waals surface area contributed by atoms with Gasteiger partial charge in [0, 0.05) is 11.6 Å². The standard InChI is InChI=1S/C17H19NO3/c1-20-14-9-13(10-15(11-14)21-2)17(19)16(18)8-12-6-4-3-5-7-12/h3-7,9-11,16H,8,18H2,1-2H3. The maximum Gasteiger partial charge on any atom is 0.180 e. The summed E-state index contributed by atoms with van der Waals surface area (Å²) in [7, 11) is 3.10. The van der Waals surface area contributed by atoms with Crippen LogP contribution < -0.4 is 15.2 Å². The van der Waals surface area contributed by atoms with Crippen molar-refractivity contribution in [2.45, 2.75) is 12.5 Å². The molecule has 2 aromatic carbocycles. The molecule has 1 unspecified atom stereocenters. The molecular formula is C17H19NO3. The number of hydrogen-bond donors (Lipinski definition) is 1. The van der Waals surface area contributed by atoms with Crippen LogP contribution in [0.2, 0.25) is 0 Å². The molecule has 0 saturated heterocycles. The van der Waals surface area contributed by atoms with Gasteiger partial charge in [-0.05, 0) is 24.1 Å². The van der Waals surface area contributed by atoms with Crippen LogP contribution in [-0.4, -0.2) is 26.0 Å². The van der Waals surface area contributed by atoms with Crippen molar-refractivity contribution in [2.75, 3.05) is 14.2 Å². The number of benzene rings is 2. The van der Waals surface area contributed by atoms with Gasteiger partial charge in [0.05, 0.1) is 20.3 Å². The van der Waals surface area contributed by atoms with Gasteiger partial charge in [0.1, 0.15) is 11.5 Å². The Labute approximate surface area is 124 Å². The third kappa shape index (κ3) is 3.83. The first-order valence-electron chi connectivity index (χ1n) is 6.71. The highest BCUT2D eigenvalue weighted by molar-refractivity contribution is 6.00. The Balaban J connectivity index is 2.19. The van der Waals surface area contributed by atoms with Crippen molar-refractivity contribution < 1.29 is 14.3 Å². The first-order valence-corrected chi connectivity index (χ1v) is 6.71. The molecule has 21 heavy (non-hydrogen) atoms. The van der Waals surface area contributed by atoms with Crippen molar-refractivity contribution in [3.8, 4) is 11.5 Å². The van der Waals surface area contributed by atoms with Gasteiger partial charge < -0.3 is 15.2 Å². The first-order chi connectivity index (χ1) is 10.1. The maximum atomic E-state index is 12.4. The minimum absolute atomic E-state index is 0.129. The number of carbonyl (C=O) groups excluding carboxylic acids is 1. The van der Waals surface area contributed by atoms with Crippen LogP contribution in [0.25, 0.3) is 0 Å². The number of Topliss-reactive ketones (excluding diaryl/α,β-unsaturated/α-hetero) is 1. The van der Waals surface area contributed by atoms with Crippen LogP contribution >= 0.6 is 0 Å². The van der Waals surface area contributed by atoms with Crippen LogP contribution in [0, 0.1) is 0 Å². The summed E-state index contributed by atoms with van der Waals surface area (Å²) in [6.45, 7) is 0. The number of ether oxygens (including phenoxy) is 2. The van der Waals surface area contributed by atoms with Gasteiger partial charge in [-0.1, -0.05) is 30.3 Å².